The lowest BCUT2D eigenvalue weighted by atomic mass is 10.3. The molecule has 7 heteroatoms. The second kappa shape index (κ2) is 4.86. The highest BCUT2D eigenvalue weighted by Crippen LogP contribution is 2.23. The quantitative estimate of drug-likeness (QED) is 0.831. The third kappa shape index (κ3) is 3.84. The van der Waals surface area contributed by atoms with E-state index in [1.54, 1.807) is 13.8 Å². The fraction of sp³-hybridized carbons (Fsp3) is 0.556. The molecular formula is C9H10ClF3N2O. The van der Waals surface area contributed by atoms with Crippen molar-refractivity contribution in [3.8, 4) is 5.88 Å². The molecule has 0 N–H and O–H groups in total. The molecule has 90 valence electrons. The van der Waals surface area contributed by atoms with Gasteiger partial charge in [0.15, 0.2) is 5.15 Å². The van der Waals surface area contributed by atoms with Crippen LogP contribution in [0.5, 0.6) is 5.88 Å². The van der Waals surface area contributed by atoms with E-state index < -0.39 is 19.2 Å². The monoisotopic (exact) mass is 254 g/mol. The Morgan fingerprint density at radius 3 is 2.31 bits per heavy atom. The number of hydrogen-bond acceptors (Lipinski definition) is 3. The van der Waals surface area contributed by atoms with E-state index in [2.05, 4.69) is 9.97 Å². The molecular weight excluding hydrogens is 245 g/mol. The van der Waals surface area contributed by atoms with Crippen molar-refractivity contribution in [2.24, 2.45) is 0 Å². The van der Waals surface area contributed by atoms with E-state index in [1.165, 1.54) is 0 Å². The highest BCUT2D eigenvalue weighted by Gasteiger charge is 2.27. The number of aryl methyl sites for hydroxylation is 2. The van der Waals surface area contributed by atoms with Crippen molar-refractivity contribution in [1.29, 1.82) is 0 Å². The third-order valence-electron chi connectivity index (χ3n) is 1.86. The van der Waals surface area contributed by atoms with Gasteiger partial charge in [0.25, 0.3) is 5.88 Å². The van der Waals surface area contributed by atoms with Gasteiger partial charge in [-0.05, 0) is 13.8 Å². The van der Waals surface area contributed by atoms with Gasteiger partial charge in [-0.3, -0.25) is 0 Å². The number of alkyl halides is 3. The van der Waals surface area contributed by atoms with E-state index in [9.17, 15) is 13.2 Å². The summed E-state index contributed by atoms with van der Waals surface area (Å²) in [6.07, 6.45) is -5.29. The molecule has 1 rings (SSSR count). The minimum atomic E-state index is -4.25. The van der Waals surface area contributed by atoms with Gasteiger partial charge >= 0.3 is 6.18 Å². The van der Waals surface area contributed by atoms with Gasteiger partial charge in [0.1, 0.15) is 0 Å². The van der Waals surface area contributed by atoms with E-state index in [1.807, 2.05) is 0 Å². The Morgan fingerprint density at radius 1 is 1.19 bits per heavy atom. The van der Waals surface area contributed by atoms with Gasteiger partial charge in [0, 0.05) is 0 Å². The third-order valence-corrected chi connectivity index (χ3v) is 2.11. The van der Waals surface area contributed by atoms with E-state index in [0.29, 0.717) is 11.4 Å². The molecule has 0 unspecified atom stereocenters. The van der Waals surface area contributed by atoms with Crippen molar-refractivity contribution < 1.29 is 17.9 Å². The Labute approximate surface area is 95.6 Å². The van der Waals surface area contributed by atoms with Crippen LogP contribution >= 0.6 is 11.6 Å². The summed E-state index contributed by atoms with van der Waals surface area (Å²) in [7, 11) is 0. The normalized spacial score (nSPS) is 11.6. The Morgan fingerprint density at radius 2 is 1.75 bits per heavy atom. The summed E-state index contributed by atoms with van der Waals surface area (Å²) in [4.78, 5) is 7.79. The SMILES string of the molecule is Cc1nc(Cl)c(OCCC(F)(F)F)nc1C. The molecule has 0 aliphatic heterocycles. The van der Waals surface area contributed by atoms with Gasteiger partial charge in [-0.1, -0.05) is 11.6 Å². The maximum Gasteiger partial charge on any atom is 0.392 e. The van der Waals surface area contributed by atoms with E-state index in [-0.39, 0.29) is 11.0 Å². The predicted molar refractivity (Wildman–Crippen MR) is 52.7 cm³/mol. The molecule has 0 saturated carbocycles. The molecule has 0 amide bonds. The number of rotatable bonds is 3. The minimum Gasteiger partial charge on any atom is -0.475 e. The van der Waals surface area contributed by atoms with Crippen molar-refractivity contribution in [3.63, 3.8) is 0 Å². The lowest BCUT2D eigenvalue weighted by Gasteiger charge is -2.09. The molecule has 0 aromatic carbocycles. The van der Waals surface area contributed by atoms with Crippen LogP contribution < -0.4 is 4.74 Å². The molecule has 0 aliphatic rings. The second-order valence-corrected chi connectivity index (χ2v) is 3.56. The van der Waals surface area contributed by atoms with Gasteiger partial charge in [-0.2, -0.15) is 13.2 Å². The summed E-state index contributed by atoms with van der Waals surface area (Å²) in [6.45, 7) is 2.86. The fourth-order valence-electron chi connectivity index (χ4n) is 0.911. The Hall–Kier alpha value is -1.04. The molecule has 1 aromatic rings. The Kier molecular flexibility index (Phi) is 3.96. The molecule has 0 aliphatic carbocycles. The van der Waals surface area contributed by atoms with Crippen LogP contribution in [-0.4, -0.2) is 22.8 Å². The van der Waals surface area contributed by atoms with E-state index in [0.717, 1.165) is 0 Å². The van der Waals surface area contributed by atoms with Crippen molar-refractivity contribution in [3.05, 3.63) is 16.5 Å². The maximum absolute atomic E-state index is 11.9. The highest BCUT2D eigenvalue weighted by molar-refractivity contribution is 6.30. The summed E-state index contributed by atoms with van der Waals surface area (Å²) in [5.74, 6) is -0.0611. The van der Waals surface area contributed by atoms with Crippen molar-refractivity contribution >= 4 is 11.6 Å². The molecule has 0 spiro atoms. The molecule has 0 bridgehead atoms. The van der Waals surface area contributed by atoms with Gasteiger partial charge in [-0.25, -0.2) is 9.97 Å². The highest BCUT2D eigenvalue weighted by atomic mass is 35.5. The largest absolute Gasteiger partial charge is 0.475 e. The van der Waals surface area contributed by atoms with Crippen LogP contribution in [0.15, 0.2) is 0 Å². The van der Waals surface area contributed by atoms with E-state index in [4.69, 9.17) is 16.3 Å². The zero-order valence-corrected chi connectivity index (χ0v) is 9.48. The number of halogens is 4. The molecule has 0 radical (unpaired) electrons. The Bertz CT molecular complexity index is 382. The summed E-state index contributed by atoms with van der Waals surface area (Å²) in [6, 6.07) is 0. The summed E-state index contributed by atoms with van der Waals surface area (Å²) in [5.41, 5.74) is 1.19. The van der Waals surface area contributed by atoms with E-state index >= 15 is 0 Å². The summed E-state index contributed by atoms with van der Waals surface area (Å²) in [5, 5.41) is -0.0229. The van der Waals surface area contributed by atoms with Crippen LogP contribution in [0.2, 0.25) is 5.15 Å². The zero-order chi connectivity index (χ0) is 12.3. The lowest BCUT2D eigenvalue weighted by molar-refractivity contribution is -0.139. The molecule has 1 heterocycles. The predicted octanol–water partition coefficient (Wildman–Crippen LogP) is 3.08. The summed E-state index contributed by atoms with van der Waals surface area (Å²) >= 11 is 5.67. The number of ether oxygens (including phenoxy) is 1. The fourth-order valence-corrected chi connectivity index (χ4v) is 1.13. The van der Waals surface area contributed by atoms with Gasteiger partial charge in [0.05, 0.1) is 24.4 Å². The topological polar surface area (TPSA) is 35.0 Å². The first-order valence-corrected chi connectivity index (χ1v) is 4.87. The molecule has 3 nitrogen and oxygen atoms in total. The molecule has 0 fully saturated rings. The van der Waals surface area contributed by atoms with Crippen LogP contribution in [0.1, 0.15) is 17.8 Å². The van der Waals surface area contributed by atoms with Crippen LogP contribution in [0.25, 0.3) is 0 Å². The first kappa shape index (κ1) is 13.0. The maximum atomic E-state index is 11.9. The van der Waals surface area contributed by atoms with Crippen LogP contribution in [0.4, 0.5) is 13.2 Å². The van der Waals surface area contributed by atoms with Gasteiger partial charge in [0.2, 0.25) is 0 Å². The average Bonchev–Trinajstić information content (AvgIpc) is 2.11. The molecule has 0 atom stereocenters. The first-order chi connectivity index (χ1) is 7.29. The van der Waals surface area contributed by atoms with Crippen LogP contribution in [0.3, 0.4) is 0 Å². The number of nitrogens with zero attached hydrogens (tertiary/aromatic N) is 2. The van der Waals surface area contributed by atoms with Crippen LogP contribution in [0, 0.1) is 13.8 Å². The average molecular weight is 255 g/mol. The minimum absolute atomic E-state index is 0.0229. The van der Waals surface area contributed by atoms with Crippen LogP contribution in [-0.2, 0) is 0 Å². The lowest BCUT2D eigenvalue weighted by Crippen LogP contribution is -2.14. The number of hydrogen-bond donors (Lipinski definition) is 0. The van der Waals surface area contributed by atoms with Gasteiger partial charge in [-0.15, -0.1) is 0 Å². The summed E-state index contributed by atoms with van der Waals surface area (Å²) < 4.78 is 40.4. The first-order valence-electron chi connectivity index (χ1n) is 4.50. The molecule has 16 heavy (non-hydrogen) atoms. The van der Waals surface area contributed by atoms with Crippen molar-refractivity contribution in [1.82, 2.24) is 9.97 Å². The standard InChI is InChI=1S/C9H10ClF3N2O/c1-5-6(2)15-8(7(10)14-5)16-4-3-9(11,12)13/h3-4H2,1-2H3. The molecule has 1 aromatic heterocycles. The smallest absolute Gasteiger partial charge is 0.392 e. The van der Waals surface area contributed by atoms with Gasteiger partial charge < -0.3 is 4.74 Å². The second-order valence-electron chi connectivity index (χ2n) is 3.20. The van der Waals surface area contributed by atoms with Crippen molar-refractivity contribution in [2.45, 2.75) is 26.4 Å². The Balaban J connectivity index is 2.64. The molecule has 0 saturated heterocycles. The van der Waals surface area contributed by atoms with Crippen molar-refractivity contribution in [2.75, 3.05) is 6.61 Å². The number of aromatic nitrogens is 2. The zero-order valence-electron chi connectivity index (χ0n) is 8.73.